The number of carboxylic acid groups (broad SMARTS) is 1. The van der Waals surface area contributed by atoms with E-state index in [1.807, 2.05) is 24.3 Å². The summed E-state index contributed by atoms with van der Waals surface area (Å²) in [6.07, 6.45) is -3.12. The van der Waals surface area contributed by atoms with Gasteiger partial charge in [0.05, 0.1) is 12.0 Å². The lowest BCUT2D eigenvalue weighted by Gasteiger charge is -2.15. The molecule has 0 fully saturated rings. The third-order valence-electron chi connectivity index (χ3n) is 4.35. The predicted molar refractivity (Wildman–Crippen MR) is 96.7 cm³/mol. The molecule has 0 aliphatic heterocycles. The molecule has 0 aliphatic carbocycles. The van der Waals surface area contributed by atoms with Gasteiger partial charge in [0.2, 0.25) is 5.91 Å². The van der Waals surface area contributed by atoms with Crippen LogP contribution in [0.2, 0.25) is 0 Å². The van der Waals surface area contributed by atoms with Crippen LogP contribution in [0.15, 0.2) is 54.7 Å². The van der Waals surface area contributed by atoms with Crippen molar-refractivity contribution in [2.45, 2.75) is 25.1 Å². The molecule has 1 aromatic heterocycles. The first-order valence-corrected chi connectivity index (χ1v) is 8.47. The number of fused-ring (bicyclic) bond motifs is 1. The van der Waals surface area contributed by atoms with Gasteiger partial charge >= 0.3 is 12.1 Å². The van der Waals surface area contributed by atoms with Crippen molar-refractivity contribution in [1.29, 1.82) is 0 Å². The van der Waals surface area contributed by atoms with Gasteiger partial charge in [-0.15, -0.1) is 0 Å². The second-order valence-corrected chi connectivity index (χ2v) is 6.40. The van der Waals surface area contributed by atoms with Crippen LogP contribution in [0.4, 0.5) is 13.2 Å². The van der Waals surface area contributed by atoms with E-state index in [0.29, 0.717) is 0 Å². The first kappa shape index (κ1) is 19.5. The third-order valence-corrected chi connectivity index (χ3v) is 4.35. The van der Waals surface area contributed by atoms with Gasteiger partial charge < -0.3 is 15.4 Å². The summed E-state index contributed by atoms with van der Waals surface area (Å²) in [5.41, 5.74) is 0.870. The molecule has 0 saturated heterocycles. The van der Waals surface area contributed by atoms with E-state index in [1.54, 1.807) is 6.20 Å². The number of rotatable bonds is 6. The SMILES string of the molecule is O=C(Cc1cccc(C(F)(F)F)c1)N[C@H](Cc1c[nH]c2ccccc12)C(=O)O. The molecular weight excluding hydrogens is 373 g/mol. The summed E-state index contributed by atoms with van der Waals surface area (Å²) in [6, 6.07) is 10.6. The fourth-order valence-corrected chi connectivity index (χ4v) is 3.01. The van der Waals surface area contributed by atoms with Gasteiger partial charge in [0.1, 0.15) is 6.04 Å². The summed E-state index contributed by atoms with van der Waals surface area (Å²) in [7, 11) is 0. The van der Waals surface area contributed by atoms with E-state index in [2.05, 4.69) is 10.3 Å². The van der Waals surface area contributed by atoms with E-state index in [4.69, 9.17) is 0 Å². The molecule has 2 aromatic carbocycles. The van der Waals surface area contributed by atoms with Gasteiger partial charge in [0.25, 0.3) is 0 Å². The molecule has 0 bridgehead atoms. The molecule has 0 saturated carbocycles. The molecule has 8 heteroatoms. The molecule has 146 valence electrons. The largest absolute Gasteiger partial charge is 0.480 e. The average molecular weight is 390 g/mol. The number of aromatic nitrogens is 1. The van der Waals surface area contributed by atoms with Crippen molar-refractivity contribution in [2.75, 3.05) is 0 Å². The Kier molecular flexibility index (Phi) is 5.39. The summed E-state index contributed by atoms with van der Waals surface area (Å²) in [4.78, 5) is 26.8. The number of carbonyl (C=O) groups is 2. The lowest BCUT2D eigenvalue weighted by Crippen LogP contribution is -2.43. The maximum Gasteiger partial charge on any atom is 0.416 e. The molecule has 28 heavy (non-hydrogen) atoms. The Morgan fingerprint density at radius 3 is 2.57 bits per heavy atom. The zero-order chi connectivity index (χ0) is 20.3. The van der Waals surface area contributed by atoms with Gasteiger partial charge in [0.15, 0.2) is 0 Å². The van der Waals surface area contributed by atoms with Crippen molar-refractivity contribution < 1.29 is 27.9 Å². The van der Waals surface area contributed by atoms with E-state index in [0.717, 1.165) is 28.6 Å². The highest BCUT2D eigenvalue weighted by Crippen LogP contribution is 2.29. The van der Waals surface area contributed by atoms with E-state index < -0.39 is 29.7 Å². The predicted octanol–water partition coefficient (Wildman–Crippen LogP) is 3.54. The minimum absolute atomic E-state index is 0.0493. The number of para-hydroxylation sites is 1. The number of nitrogens with one attached hydrogen (secondary N) is 2. The Morgan fingerprint density at radius 2 is 1.86 bits per heavy atom. The lowest BCUT2D eigenvalue weighted by atomic mass is 10.0. The Bertz CT molecular complexity index is 1010. The molecule has 3 rings (SSSR count). The molecule has 0 spiro atoms. The van der Waals surface area contributed by atoms with Crippen LogP contribution in [0.3, 0.4) is 0 Å². The Labute approximate surface area is 158 Å². The number of benzene rings is 2. The first-order chi connectivity index (χ1) is 13.2. The molecule has 1 heterocycles. The fraction of sp³-hybridized carbons (Fsp3) is 0.200. The second-order valence-electron chi connectivity index (χ2n) is 6.40. The van der Waals surface area contributed by atoms with Crippen molar-refractivity contribution in [1.82, 2.24) is 10.3 Å². The quantitative estimate of drug-likeness (QED) is 0.602. The van der Waals surface area contributed by atoms with E-state index in [-0.39, 0.29) is 18.4 Å². The van der Waals surface area contributed by atoms with Crippen molar-refractivity contribution in [3.63, 3.8) is 0 Å². The van der Waals surface area contributed by atoms with Crippen LogP contribution >= 0.6 is 0 Å². The first-order valence-electron chi connectivity index (χ1n) is 8.47. The topological polar surface area (TPSA) is 82.2 Å². The van der Waals surface area contributed by atoms with Gasteiger partial charge in [-0.05, 0) is 23.3 Å². The number of aliphatic carboxylic acids is 1. The van der Waals surface area contributed by atoms with Crippen LogP contribution in [-0.4, -0.2) is 28.0 Å². The number of halogens is 3. The number of hydrogen-bond acceptors (Lipinski definition) is 2. The third kappa shape index (κ3) is 4.51. The maximum absolute atomic E-state index is 12.8. The van der Waals surface area contributed by atoms with Crippen LogP contribution in [0, 0.1) is 0 Å². The summed E-state index contributed by atoms with van der Waals surface area (Å²) in [6.45, 7) is 0. The van der Waals surface area contributed by atoms with Crippen LogP contribution in [-0.2, 0) is 28.6 Å². The number of aromatic amines is 1. The molecule has 0 aliphatic rings. The average Bonchev–Trinajstić information content (AvgIpc) is 3.03. The van der Waals surface area contributed by atoms with Crippen LogP contribution in [0.1, 0.15) is 16.7 Å². The summed E-state index contributed by atoms with van der Waals surface area (Å²) in [5.74, 6) is -1.88. The van der Waals surface area contributed by atoms with Crippen molar-refractivity contribution >= 4 is 22.8 Å². The van der Waals surface area contributed by atoms with Gasteiger partial charge in [-0.1, -0.05) is 36.4 Å². The number of carbonyl (C=O) groups excluding carboxylic acids is 1. The zero-order valence-corrected chi connectivity index (χ0v) is 14.6. The highest BCUT2D eigenvalue weighted by Gasteiger charge is 2.30. The molecule has 0 radical (unpaired) electrons. The molecular formula is C20H17F3N2O3. The maximum atomic E-state index is 12.8. The lowest BCUT2D eigenvalue weighted by molar-refractivity contribution is -0.141. The number of hydrogen-bond donors (Lipinski definition) is 3. The van der Waals surface area contributed by atoms with Crippen LogP contribution < -0.4 is 5.32 Å². The number of carboxylic acids is 1. The molecule has 0 unspecified atom stereocenters. The molecule has 1 amide bonds. The molecule has 5 nitrogen and oxygen atoms in total. The summed E-state index contributed by atoms with van der Waals surface area (Å²) >= 11 is 0. The normalized spacial score (nSPS) is 12.7. The van der Waals surface area contributed by atoms with E-state index >= 15 is 0 Å². The van der Waals surface area contributed by atoms with Gasteiger partial charge in [-0.3, -0.25) is 4.79 Å². The smallest absolute Gasteiger partial charge is 0.416 e. The van der Waals surface area contributed by atoms with E-state index in [9.17, 15) is 27.9 Å². The highest BCUT2D eigenvalue weighted by atomic mass is 19.4. The van der Waals surface area contributed by atoms with Crippen molar-refractivity contribution in [2.24, 2.45) is 0 Å². The summed E-state index contributed by atoms with van der Waals surface area (Å²) in [5, 5.41) is 12.7. The Morgan fingerprint density at radius 1 is 1.11 bits per heavy atom. The van der Waals surface area contributed by atoms with E-state index in [1.165, 1.54) is 12.1 Å². The highest BCUT2D eigenvalue weighted by molar-refractivity contribution is 5.87. The standard InChI is InChI=1S/C20H17F3N2O3/c21-20(22,23)14-5-3-4-12(8-14)9-18(26)25-17(19(27)28)10-13-11-24-16-7-2-1-6-15(13)16/h1-8,11,17,24H,9-10H2,(H,25,26)(H,27,28)/t17-/m1/s1. The molecule has 3 aromatic rings. The minimum atomic E-state index is -4.51. The Balaban J connectivity index is 1.71. The Hall–Kier alpha value is -3.29. The molecule has 3 N–H and O–H groups in total. The minimum Gasteiger partial charge on any atom is -0.480 e. The molecule has 1 atom stereocenters. The fourth-order valence-electron chi connectivity index (χ4n) is 3.01. The number of amides is 1. The monoisotopic (exact) mass is 390 g/mol. The number of H-pyrrole nitrogens is 1. The van der Waals surface area contributed by atoms with Gasteiger partial charge in [0, 0.05) is 23.5 Å². The van der Waals surface area contributed by atoms with Gasteiger partial charge in [-0.25, -0.2) is 4.79 Å². The summed E-state index contributed by atoms with van der Waals surface area (Å²) < 4.78 is 38.3. The van der Waals surface area contributed by atoms with Crippen LogP contribution in [0.25, 0.3) is 10.9 Å². The second kappa shape index (κ2) is 7.75. The van der Waals surface area contributed by atoms with Crippen LogP contribution in [0.5, 0.6) is 0 Å². The van der Waals surface area contributed by atoms with Crippen molar-refractivity contribution in [3.8, 4) is 0 Å². The van der Waals surface area contributed by atoms with Gasteiger partial charge in [-0.2, -0.15) is 13.2 Å². The zero-order valence-electron chi connectivity index (χ0n) is 14.6. The van der Waals surface area contributed by atoms with Crippen molar-refractivity contribution in [3.05, 3.63) is 71.4 Å². The number of alkyl halides is 3.